The molecule has 2 fully saturated rings. The molecule has 23 heavy (non-hydrogen) atoms. The van der Waals surface area contributed by atoms with Gasteiger partial charge in [0.15, 0.2) is 5.17 Å². The van der Waals surface area contributed by atoms with Crippen LogP contribution in [0.15, 0.2) is 22.0 Å². The summed E-state index contributed by atoms with van der Waals surface area (Å²) in [4.78, 5) is 17.5. The van der Waals surface area contributed by atoms with Crippen LogP contribution >= 0.6 is 11.8 Å². The number of amidine groups is 1. The van der Waals surface area contributed by atoms with E-state index in [-0.39, 0.29) is 5.91 Å². The number of carbonyl (C=O) groups is 1. The van der Waals surface area contributed by atoms with E-state index in [2.05, 4.69) is 5.32 Å². The molecule has 0 spiro atoms. The van der Waals surface area contributed by atoms with Crippen LogP contribution < -0.4 is 5.32 Å². The van der Waals surface area contributed by atoms with Crippen molar-refractivity contribution in [2.75, 3.05) is 0 Å². The van der Waals surface area contributed by atoms with Gasteiger partial charge in [-0.15, -0.1) is 0 Å². The van der Waals surface area contributed by atoms with Crippen molar-refractivity contribution in [2.24, 2.45) is 4.99 Å². The Kier molecular flexibility index (Phi) is 4.76. The molecular weight excluding hydrogens is 308 g/mol. The first-order valence-corrected chi connectivity index (χ1v) is 8.93. The van der Waals surface area contributed by atoms with E-state index in [0.717, 1.165) is 34.7 Å². The molecule has 0 bridgehead atoms. The highest BCUT2D eigenvalue weighted by Crippen LogP contribution is 2.30. The zero-order valence-corrected chi connectivity index (χ0v) is 14.4. The van der Waals surface area contributed by atoms with Gasteiger partial charge in [-0.3, -0.25) is 9.79 Å². The summed E-state index contributed by atoms with van der Waals surface area (Å²) in [7, 11) is 0. The molecule has 1 heterocycles. The molecule has 1 saturated heterocycles. The van der Waals surface area contributed by atoms with Gasteiger partial charge < -0.3 is 10.4 Å². The molecule has 0 aromatic heterocycles. The van der Waals surface area contributed by atoms with Gasteiger partial charge in [0, 0.05) is 0 Å². The summed E-state index contributed by atoms with van der Waals surface area (Å²) >= 11 is 1.41. The summed E-state index contributed by atoms with van der Waals surface area (Å²) in [5, 5.41) is 13.4. The maximum Gasteiger partial charge on any atom is 0.264 e. The van der Waals surface area contributed by atoms with Gasteiger partial charge in [-0.2, -0.15) is 0 Å². The van der Waals surface area contributed by atoms with Crippen LogP contribution in [0.3, 0.4) is 0 Å². The van der Waals surface area contributed by atoms with Crippen LogP contribution in [-0.4, -0.2) is 22.2 Å². The number of aromatic hydroxyl groups is 1. The fourth-order valence-electron chi connectivity index (χ4n) is 3.09. The molecule has 1 saturated carbocycles. The summed E-state index contributed by atoms with van der Waals surface area (Å²) in [6.07, 6.45) is 7.86. The number of phenols is 1. The van der Waals surface area contributed by atoms with Crippen LogP contribution in [0, 0.1) is 13.8 Å². The third-order valence-electron chi connectivity index (χ3n) is 4.34. The molecule has 1 aliphatic heterocycles. The Labute approximate surface area is 141 Å². The minimum absolute atomic E-state index is 0.0899. The van der Waals surface area contributed by atoms with E-state index in [1.165, 1.54) is 31.0 Å². The minimum atomic E-state index is -0.0899. The predicted octanol–water partition coefficient (Wildman–Crippen LogP) is 3.90. The van der Waals surface area contributed by atoms with Gasteiger partial charge in [0.2, 0.25) is 0 Å². The highest BCUT2D eigenvalue weighted by Gasteiger charge is 2.25. The molecule has 0 radical (unpaired) electrons. The average molecular weight is 330 g/mol. The van der Waals surface area contributed by atoms with Gasteiger partial charge in [-0.25, -0.2) is 0 Å². The van der Waals surface area contributed by atoms with Crippen molar-refractivity contribution in [3.05, 3.63) is 33.7 Å². The van der Waals surface area contributed by atoms with E-state index in [9.17, 15) is 9.90 Å². The van der Waals surface area contributed by atoms with Gasteiger partial charge in [0.1, 0.15) is 5.75 Å². The Balaban J connectivity index is 1.78. The van der Waals surface area contributed by atoms with Crippen molar-refractivity contribution in [1.29, 1.82) is 0 Å². The summed E-state index contributed by atoms with van der Waals surface area (Å²) in [6.45, 7) is 3.73. The van der Waals surface area contributed by atoms with E-state index in [4.69, 9.17) is 4.99 Å². The van der Waals surface area contributed by atoms with Gasteiger partial charge in [0.25, 0.3) is 5.91 Å². The maximum absolute atomic E-state index is 12.1. The number of hydrogen-bond acceptors (Lipinski definition) is 4. The molecule has 1 amide bonds. The molecule has 1 aliphatic carbocycles. The third-order valence-corrected chi connectivity index (χ3v) is 5.26. The number of aliphatic imine (C=N–C) groups is 1. The molecule has 3 rings (SSSR count). The zero-order valence-electron chi connectivity index (χ0n) is 13.6. The lowest BCUT2D eigenvalue weighted by Gasteiger charge is -2.17. The van der Waals surface area contributed by atoms with Crippen LogP contribution in [0.1, 0.15) is 48.8 Å². The molecule has 1 aromatic rings. The molecule has 2 aliphatic rings. The number of benzene rings is 1. The number of aryl methyl sites for hydroxylation is 2. The summed E-state index contributed by atoms with van der Waals surface area (Å²) < 4.78 is 0. The number of amides is 1. The second kappa shape index (κ2) is 6.79. The normalized spacial score (nSPS) is 22.8. The Hall–Kier alpha value is -1.75. The van der Waals surface area contributed by atoms with E-state index in [1.54, 1.807) is 0 Å². The number of phenolic OH excluding ortho intramolecular Hbond substituents is 1. The fourth-order valence-corrected chi connectivity index (χ4v) is 3.98. The van der Waals surface area contributed by atoms with Gasteiger partial charge in [-0.1, -0.05) is 19.3 Å². The molecule has 4 nitrogen and oxygen atoms in total. The highest BCUT2D eigenvalue weighted by atomic mass is 32.2. The Morgan fingerprint density at radius 3 is 2.52 bits per heavy atom. The molecule has 0 atom stereocenters. The topological polar surface area (TPSA) is 61.7 Å². The Bertz CT molecular complexity index is 665. The second-order valence-corrected chi connectivity index (χ2v) is 7.32. The zero-order chi connectivity index (χ0) is 16.4. The van der Waals surface area contributed by atoms with Crippen LogP contribution in [0.2, 0.25) is 0 Å². The summed E-state index contributed by atoms with van der Waals surface area (Å²) in [5.74, 6) is 0.225. The monoisotopic (exact) mass is 330 g/mol. The number of hydrogen-bond donors (Lipinski definition) is 2. The number of nitrogens with one attached hydrogen (secondary N) is 1. The van der Waals surface area contributed by atoms with Crippen molar-refractivity contribution in [3.63, 3.8) is 0 Å². The van der Waals surface area contributed by atoms with E-state index in [1.807, 2.05) is 32.1 Å². The molecular formula is C18H22N2O2S. The van der Waals surface area contributed by atoms with Crippen molar-refractivity contribution >= 4 is 28.9 Å². The smallest absolute Gasteiger partial charge is 0.264 e. The van der Waals surface area contributed by atoms with Crippen molar-refractivity contribution in [3.8, 4) is 5.75 Å². The van der Waals surface area contributed by atoms with Gasteiger partial charge in [-0.05, 0) is 73.4 Å². The quantitative estimate of drug-likeness (QED) is 0.808. The predicted molar refractivity (Wildman–Crippen MR) is 95.6 cm³/mol. The lowest BCUT2D eigenvalue weighted by Crippen LogP contribution is -2.22. The fraction of sp³-hybridized carbons (Fsp3) is 0.444. The van der Waals surface area contributed by atoms with Crippen LogP contribution in [0.4, 0.5) is 0 Å². The lowest BCUT2D eigenvalue weighted by atomic mass is 9.96. The first kappa shape index (κ1) is 16.1. The van der Waals surface area contributed by atoms with E-state index >= 15 is 0 Å². The minimum Gasteiger partial charge on any atom is -0.507 e. The summed E-state index contributed by atoms with van der Waals surface area (Å²) in [6, 6.07) is 4.13. The number of carbonyl (C=O) groups excluding carboxylic acids is 1. The number of nitrogens with zero attached hydrogens (tertiary/aromatic N) is 1. The van der Waals surface area contributed by atoms with Crippen molar-refractivity contribution in [2.45, 2.75) is 52.0 Å². The standard InChI is InChI=1S/C18H22N2O2S/c1-11-8-13(9-12(2)16(11)21)10-15-17(22)20-18(23-15)19-14-6-4-3-5-7-14/h8-10,14,21H,3-7H2,1-2H3,(H,19,20,22). The molecule has 0 unspecified atom stereocenters. The number of rotatable bonds is 2. The highest BCUT2D eigenvalue weighted by molar-refractivity contribution is 8.18. The van der Waals surface area contributed by atoms with E-state index < -0.39 is 0 Å². The van der Waals surface area contributed by atoms with Gasteiger partial charge >= 0.3 is 0 Å². The Morgan fingerprint density at radius 2 is 1.87 bits per heavy atom. The maximum atomic E-state index is 12.1. The van der Waals surface area contributed by atoms with Crippen LogP contribution in [0.5, 0.6) is 5.75 Å². The van der Waals surface area contributed by atoms with Crippen LogP contribution in [-0.2, 0) is 4.79 Å². The first-order valence-electron chi connectivity index (χ1n) is 8.12. The van der Waals surface area contributed by atoms with Crippen molar-refractivity contribution in [1.82, 2.24) is 5.32 Å². The van der Waals surface area contributed by atoms with Crippen LogP contribution in [0.25, 0.3) is 6.08 Å². The second-order valence-electron chi connectivity index (χ2n) is 6.29. The molecule has 1 aromatic carbocycles. The molecule has 122 valence electrons. The van der Waals surface area contributed by atoms with E-state index in [0.29, 0.717) is 16.7 Å². The largest absolute Gasteiger partial charge is 0.507 e. The molecule has 5 heteroatoms. The SMILES string of the molecule is Cc1cc(C=C2SC(=NC3CCCCC3)NC2=O)cc(C)c1O. The summed E-state index contributed by atoms with van der Waals surface area (Å²) in [5.41, 5.74) is 2.56. The van der Waals surface area contributed by atoms with Crippen molar-refractivity contribution < 1.29 is 9.90 Å². The third kappa shape index (κ3) is 3.78. The Morgan fingerprint density at radius 1 is 1.22 bits per heavy atom. The average Bonchev–Trinajstić information content (AvgIpc) is 2.85. The van der Waals surface area contributed by atoms with Gasteiger partial charge in [0.05, 0.1) is 10.9 Å². The molecule has 2 N–H and O–H groups in total. The first-order chi connectivity index (χ1) is 11.0. The lowest BCUT2D eigenvalue weighted by molar-refractivity contribution is -0.115. The number of thioether (sulfide) groups is 1.